The summed E-state index contributed by atoms with van der Waals surface area (Å²) >= 11 is 5.38. The van der Waals surface area contributed by atoms with Crippen LogP contribution in [-0.4, -0.2) is 9.55 Å². The molecule has 0 atom stereocenters. The topological polar surface area (TPSA) is 17.8 Å². The van der Waals surface area contributed by atoms with E-state index in [2.05, 4.69) is 15.6 Å². The molecule has 18 heavy (non-hydrogen) atoms. The van der Waals surface area contributed by atoms with Crippen molar-refractivity contribution in [1.29, 1.82) is 0 Å². The van der Waals surface area contributed by atoms with Gasteiger partial charge in [0.05, 0.1) is 5.52 Å². The fraction of sp³-hybridized carbons (Fsp3) is 0.0667. The van der Waals surface area contributed by atoms with Crippen LogP contribution in [0, 0.1) is 4.64 Å². The van der Waals surface area contributed by atoms with Gasteiger partial charge in [-0.25, -0.2) is 4.98 Å². The minimum atomic E-state index is 0.655. The van der Waals surface area contributed by atoms with Crippen molar-refractivity contribution in [3.63, 3.8) is 0 Å². The van der Waals surface area contributed by atoms with Gasteiger partial charge in [-0.05, 0) is 12.1 Å². The summed E-state index contributed by atoms with van der Waals surface area (Å²) in [5.74, 6) is 0.902. The lowest BCUT2D eigenvalue weighted by Crippen LogP contribution is -2.02. The number of hydrogen-bond acceptors (Lipinski definition) is 2. The van der Waals surface area contributed by atoms with Crippen molar-refractivity contribution in [1.82, 2.24) is 9.55 Å². The van der Waals surface area contributed by atoms with Crippen molar-refractivity contribution in [2.75, 3.05) is 0 Å². The molecule has 3 heteroatoms. The Bertz CT molecular complexity index is 760. The van der Waals surface area contributed by atoms with Gasteiger partial charge in [0.1, 0.15) is 10.5 Å². The fourth-order valence-electron chi connectivity index (χ4n) is 2.14. The van der Waals surface area contributed by atoms with Gasteiger partial charge in [0, 0.05) is 18.0 Å². The number of rotatable bonds is 1. The highest BCUT2D eigenvalue weighted by molar-refractivity contribution is 7.71. The summed E-state index contributed by atoms with van der Waals surface area (Å²) < 4.78 is 2.74. The molecule has 0 unspecified atom stereocenters. The van der Waals surface area contributed by atoms with Gasteiger partial charge in [0.25, 0.3) is 0 Å². The molecule has 0 spiro atoms. The third kappa shape index (κ3) is 1.73. The quantitative estimate of drug-likeness (QED) is 0.610. The Hall–Kier alpha value is -2.00. The molecule has 0 amide bonds. The Morgan fingerprint density at radius 3 is 2.39 bits per heavy atom. The maximum atomic E-state index is 5.38. The van der Waals surface area contributed by atoms with Gasteiger partial charge in [0.2, 0.25) is 0 Å². The Morgan fingerprint density at radius 2 is 1.61 bits per heavy atom. The predicted octanol–water partition coefficient (Wildman–Crippen LogP) is 3.97. The Kier molecular flexibility index (Phi) is 2.68. The van der Waals surface area contributed by atoms with Crippen LogP contribution in [0.4, 0.5) is 0 Å². The minimum absolute atomic E-state index is 0.655. The van der Waals surface area contributed by atoms with E-state index in [1.807, 2.05) is 55.6 Å². The summed E-state index contributed by atoms with van der Waals surface area (Å²) in [6.45, 7) is 0. The van der Waals surface area contributed by atoms with Gasteiger partial charge in [-0.15, -0.1) is 0 Å². The first-order chi connectivity index (χ1) is 8.77. The maximum absolute atomic E-state index is 5.38. The van der Waals surface area contributed by atoms with Crippen LogP contribution in [0.15, 0.2) is 54.6 Å². The maximum Gasteiger partial charge on any atom is 0.141 e. The summed E-state index contributed by atoms with van der Waals surface area (Å²) in [6, 6.07) is 18.2. The highest BCUT2D eigenvalue weighted by Crippen LogP contribution is 2.22. The zero-order valence-corrected chi connectivity index (χ0v) is 10.8. The number of fused-ring (bicyclic) bond motifs is 1. The lowest BCUT2D eigenvalue weighted by molar-refractivity contribution is 0.921. The van der Waals surface area contributed by atoms with Crippen LogP contribution in [0.5, 0.6) is 0 Å². The normalized spacial score (nSPS) is 10.7. The molecule has 0 aliphatic heterocycles. The molecule has 0 aliphatic rings. The third-order valence-corrected chi connectivity index (χ3v) is 3.36. The third-order valence-electron chi connectivity index (χ3n) is 3.05. The van der Waals surface area contributed by atoms with Gasteiger partial charge in [0.15, 0.2) is 0 Å². The van der Waals surface area contributed by atoms with Crippen LogP contribution in [0.2, 0.25) is 0 Å². The second-order valence-corrected chi connectivity index (χ2v) is 4.57. The summed E-state index contributed by atoms with van der Waals surface area (Å²) in [5, 5.41) is 1.02. The molecule has 0 saturated heterocycles. The molecule has 2 nitrogen and oxygen atoms in total. The average Bonchev–Trinajstić information content (AvgIpc) is 2.44. The zero-order chi connectivity index (χ0) is 12.5. The SMILES string of the molecule is Cn1c(-c2ccccc2)nc(=S)c2ccccc21. The first-order valence-corrected chi connectivity index (χ1v) is 6.19. The van der Waals surface area contributed by atoms with Crippen molar-refractivity contribution < 1.29 is 0 Å². The van der Waals surface area contributed by atoms with Crippen molar-refractivity contribution in [3.8, 4) is 11.4 Å². The first-order valence-electron chi connectivity index (χ1n) is 5.78. The average molecular weight is 252 g/mol. The highest BCUT2D eigenvalue weighted by Gasteiger charge is 2.06. The second kappa shape index (κ2) is 4.35. The molecule has 0 fully saturated rings. The van der Waals surface area contributed by atoms with E-state index in [1.165, 1.54) is 0 Å². The molecule has 1 heterocycles. The number of hydrogen-bond donors (Lipinski definition) is 0. The lowest BCUT2D eigenvalue weighted by atomic mass is 10.2. The largest absolute Gasteiger partial charge is 0.328 e. The number of aromatic nitrogens is 2. The van der Waals surface area contributed by atoms with Crippen molar-refractivity contribution in [2.24, 2.45) is 7.05 Å². The van der Waals surface area contributed by atoms with Crippen molar-refractivity contribution in [2.45, 2.75) is 0 Å². The van der Waals surface area contributed by atoms with Crippen LogP contribution < -0.4 is 0 Å². The first kappa shape index (κ1) is 11.1. The molecule has 1 aromatic heterocycles. The molecule has 0 bridgehead atoms. The van der Waals surface area contributed by atoms with E-state index in [0.29, 0.717) is 4.64 Å². The zero-order valence-electron chi connectivity index (χ0n) is 10.00. The molecule has 0 N–H and O–H groups in total. The fourth-order valence-corrected chi connectivity index (χ4v) is 2.40. The molecule has 0 saturated carbocycles. The predicted molar refractivity (Wildman–Crippen MR) is 77.0 cm³/mol. The Balaban J connectivity index is 2.39. The Morgan fingerprint density at radius 1 is 0.944 bits per heavy atom. The smallest absolute Gasteiger partial charge is 0.141 e. The van der Waals surface area contributed by atoms with Crippen LogP contribution in [0.3, 0.4) is 0 Å². The van der Waals surface area contributed by atoms with Gasteiger partial charge < -0.3 is 4.57 Å². The van der Waals surface area contributed by atoms with E-state index in [0.717, 1.165) is 22.3 Å². The molecular weight excluding hydrogens is 240 g/mol. The van der Waals surface area contributed by atoms with E-state index in [4.69, 9.17) is 12.2 Å². The molecule has 3 aromatic rings. The minimum Gasteiger partial charge on any atom is -0.328 e. The van der Waals surface area contributed by atoms with Gasteiger partial charge in [-0.3, -0.25) is 0 Å². The molecule has 88 valence electrons. The van der Waals surface area contributed by atoms with E-state index in [-0.39, 0.29) is 0 Å². The standard InChI is InChI=1S/C15H12N2S/c1-17-13-10-6-5-9-12(13)15(18)16-14(17)11-7-3-2-4-8-11/h2-10H,1H3. The second-order valence-electron chi connectivity index (χ2n) is 4.18. The van der Waals surface area contributed by atoms with Crippen molar-refractivity contribution in [3.05, 3.63) is 59.2 Å². The van der Waals surface area contributed by atoms with Gasteiger partial charge in [-0.1, -0.05) is 54.7 Å². The summed E-state index contributed by atoms with van der Waals surface area (Å²) in [4.78, 5) is 4.55. The van der Waals surface area contributed by atoms with Crippen LogP contribution in [0.1, 0.15) is 0 Å². The van der Waals surface area contributed by atoms with Gasteiger partial charge in [-0.2, -0.15) is 0 Å². The summed E-state index contributed by atoms with van der Waals surface area (Å²) in [7, 11) is 2.02. The summed E-state index contributed by atoms with van der Waals surface area (Å²) in [5.41, 5.74) is 2.19. The van der Waals surface area contributed by atoms with Crippen LogP contribution >= 0.6 is 12.2 Å². The van der Waals surface area contributed by atoms with Gasteiger partial charge >= 0.3 is 0 Å². The van der Waals surface area contributed by atoms with E-state index in [1.54, 1.807) is 0 Å². The van der Waals surface area contributed by atoms with E-state index >= 15 is 0 Å². The lowest BCUT2D eigenvalue weighted by Gasteiger charge is -2.11. The van der Waals surface area contributed by atoms with Crippen molar-refractivity contribution >= 4 is 23.1 Å². The molecule has 0 radical (unpaired) electrons. The number of aryl methyl sites for hydroxylation is 1. The number of nitrogens with zero attached hydrogens (tertiary/aromatic N) is 2. The number of benzene rings is 2. The molecule has 3 rings (SSSR count). The van der Waals surface area contributed by atoms with Crippen LogP contribution in [0.25, 0.3) is 22.3 Å². The monoisotopic (exact) mass is 252 g/mol. The number of para-hydroxylation sites is 1. The highest BCUT2D eigenvalue weighted by atomic mass is 32.1. The van der Waals surface area contributed by atoms with E-state index < -0.39 is 0 Å². The molecule has 0 aliphatic carbocycles. The Labute approximate surface area is 111 Å². The molecular formula is C15H12N2S. The van der Waals surface area contributed by atoms with E-state index in [9.17, 15) is 0 Å². The molecule has 2 aromatic carbocycles. The summed E-state index contributed by atoms with van der Waals surface area (Å²) in [6.07, 6.45) is 0. The van der Waals surface area contributed by atoms with Crippen LogP contribution in [-0.2, 0) is 7.05 Å².